The zero-order chi connectivity index (χ0) is 18.5. The summed E-state index contributed by atoms with van der Waals surface area (Å²) >= 11 is 0. The summed E-state index contributed by atoms with van der Waals surface area (Å²) in [6.07, 6.45) is 10.9. The Kier molecular flexibility index (Phi) is 10.5. The van der Waals surface area contributed by atoms with Crippen molar-refractivity contribution in [3.63, 3.8) is 0 Å². The summed E-state index contributed by atoms with van der Waals surface area (Å²) in [5.41, 5.74) is -0.107. The maximum atomic E-state index is 11.8. The second kappa shape index (κ2) is 12.5. The van der Waals surface area contributed by atoms with E-state index in [0.717, 1.165) is 25.2 Å². The molecular formula is C20H31NO4. The van der Waals surface area contributed by atoms with Crippen LogP contribution in [0.1, 0.15) is 92.6 Å². The smallest absolute Gasteiger partial charge is 0.356 e. The molecule has 0 atom stereocenters. The van der Waals surface area contributed by atoms with E-state index in [4.69, 9.17) is 9.84 Å². The number of hydrogen-bond donors (Lipinski definition) is 1. The van der Waals surface area contributed by atoms with Gasteiger partial charge >= 0.3 is 11.9 Å². The number of nitrogens with zero attached hydrogens (tertiary/aromatic N) is 1. The fourth-order valence-corrected chi connectivity index (χ4v) is 2.62. The highest BCUT2D eigenvalue weighted by atomic mass is 16.5. The standard InChI is InChI=1S/C20H31NO4/c1-16(2)12-9-7-5-3-4-6-8-10-15-25-20(24)18-14-11-13-17(21-18)19(22)23/h11,13-14,16H,3-10,12,15H2,1-2H3,(H,22,23). The summed E-state index contributed by atoms with van der Waals surface area (Å²) in [6.45, 7) is 4.89. The van der Waals surface area contributed by atoms with E-state index in [1.54, 1.807) is 0 Å². The van der Waals surface area contributed by atoms with Crippen LogP contribution < -0.4 is 0 Å². The van der Waals surface area contributed by atoms with Crippen molar-refractivity contribution < 1.29 is 19.4 Å². The number of unbranched alkanes of at least 4 members (excludes halogenated alkanes) is 7. The number of carbonyl (C=O) groups excluding carboxylic acids is 1. The van der Waals surface area contributed by atoms with Gasteiger partial charge in [-0.1, -0.05) is 71.3 Å². The third kappa shape index (κ3) is 9.85. The Hall–Kier alpha value is -1.91. The van der Waals surface area contributed by atoms with Gasteiger partial charge in [-0.25, -0.2) is 14.6 Å². The van der Waals surface area contributed by atoms with Crippen molar-refractivity contribution in [2.24, 2.45) is 5.92 Å². The molecule has 0 saturated carbocycles. The van der Waals surface area contributed by atoms with Crippen molar-refractivity contribution in [3.05, 3.63) is 29.6 Å². The average molecular weight is 349 g/mol. The first-order valence-electron chi connectivity index (χ1n) is 9.38. The van der Waals surface area contributed by atoms with Gasteiger partial charge in [-0.15, -0.1) is 0 Å². The molecule has 0 amide bonds. The van der Waals surface area contributed by atoms with Crippen molar-refractivity contribution in [1.82, 2.24) is 4.98 Å². The third-order valence-electron chi connectivity index (χ3n) is 4.09. The summed E-state index contributed by atoms with van der Waals surface area (Å²) in [5, 5.41) is 8.87. The molecule has 0 spiro atoms. The Morgan fingerprint density at radius 1 is 0.960 bits per heavy atom. The monoisotopic (exact) mass is 349 g/mol. The Bertz CT molecular complexity index is 528. The summed E-state index contributed by atoms with van der Waals surface area (Å²) in [6, 6.07) is 4.31. The van der Waals surface area contributed by atoms with E-state index < -0.39 is 11.9 Å². The Morgan fingerprint density at radius 3 is 2.12 bits per heavy atom. The van der Waals surface area contributed by atoms with Gasteiger partial charge < -0.3 is 9.84 Å². The summed E-state index contributed by atoms with van der Waals surface area (Å²) in [4.78, 5) is 26.4. The van der Waals surface area contributed by atoms with E-state index in [0.29, 0.717) is 6.61 Å². The van der Waals surface area contributed by atoms with Gasteiger partial charge in [-0.3, -0.25) is 0 Å². The summed E-state index contributed by atoms with van der Waals surface area (Å²) in [7, 11) is 0. The van der Waals surface area contributed by atoms with Gasteiger partial charge in [0.25, 0.3) is 0 Å². The van der Waals surface area contributed by atoms with Crippen molar-refractivity contribution in [2.45, 2.75) is 71.6 Å². The van der Waals surface area contributed by atoms with Gasteiger partial charge in [-0.05, 0) is 24.5 Å². The van der Waals surface area contributed by atoms with Gasteiger partial charge in [-0.2, -0.15) is 0 Å². The number of carboxylic acids is 1. The quantitative estimate of drug-likeness (QED) is 0.396. The number of aromatic carboxylic acids is 1. The maximum absolute atomic E-state index is 11.8. The van der Waals surface area contributed by atoms with Crippen LogP contribution in [-0.2, 0) is 4.74 Å². The summed E-state index contributed by atoms with van der Waals surface area (Å²) in [5.74, 6) is -0.906. The minimum atomic E-state index is -1.15. The van der Waals surface area contributed by atoms with Crippen LogP contribution in [0.2, 0.25) is 0 Å². The molecule has 1 heterocycles. The van der Waals surface area contributed by atoms with Crippen molar-refractivity contribution >= 4 is 11.9 Å². The molecule has 5 nitrogen and oxygen atoms in total. The minimum absolute atomic E-state index is 0.0429. The van der Waals surface area contributed by atoms with Gasteiger partial charge in [0.2, 0.25) is 0 Å². The first-order chi connectivity index (χ1) is 12.0. The molecule has 1 aromatic rings. The van der Waals surface area contributed by atoms with Gasteiger partial charge in [0.05, 0.1) is 6.61 Å². The summed E-state index contributed by atoms with van der Waals surface area (Å²) < 4.78 is 5.15. The zero-order valence-electron chi connectivity index (χ0n) is 15.5. The van der Waals surface area contributed by atoms with E-state index in [9.17, 15) is 9.59 Å². The van der Waals surface area contributed by atoms with E-state index in [-0.39, 0.29) is 11.4 Å². The Morgan fingerprint density at radius 2 is 1.52 bits per heavy atom. The van der Waals surface area contributed by atoms with E-state index in [1.807, 2.05) is 0 Å². The number of carbonyl (C=O) groups is 2. The molecule has 0 unspecified atom stereocenters. The number of esters is 1. The second-order valence-corrected chi connectivity index (χ2v) is 6.86. The molecule has 0 aromatic carbocycles. The van der Waals surface area contributed by atoms with Crippen LogP contribution in [0, 0.1) is 5.92 Å². The number of rotatable bonds is 13. The molecule has 0 fully saturated rings. The molecule has 1 rings (SSSR count). The Labute approximate surface area is 150 Å². The van der Waals surface area contributed by atoms with Crippen LogP contribution in [0.3, 0.4) is 0 Å². The van der Waals surface area contributed by atoms with Crippen molar-refractivity contribution in [2.75, 3.05) is 6.61 Å². The SMILES string of the molecule is CC(C)CCCCCCCCCCOC(=O)c1cccc(C(=O)O)n1. The molecule has 25 heavy (non-hydrogen) atoms. The largest absolute Gasteiger partial charge is 0.477 e. The van der Waals surface area contributed by atoms with E-state index >= 15 is 0 Å². The number of hydrogen-bond acceptors (Lipinski definition) is 4. The normalized spacial score (nSPS) is 10.8. The number of aromatic nitrogens is 1. The number of pyridine rings is 1. The number of carboxylic acid groups (broad SMARTS) is 1. The molecule has 0 aliphatic carbocycles. The van der Waals surface area contributed by atoms with Gasteiger partial charge in [0.1, 0.15) is 11.4 Å². The maximum Gasteiger partial charge on any atom is 0.356 e. The molecular weight excluding hydrogens is 318 g/mol. The average Bonchev–Trinajstić information content (AvgIpc) is 2.59. The lowest BCUT2D eigenvalue weighted by Crippen LogP contribution is -2.11. The van der Waals surface area contributed by atoms with Crippen molar-refractivity contribution in [3.8, 4) is 0 Å². The lowest BCUT2D eigenvalue weighted by atomic mass is 10.0. The van der Waals surface area contributed by atoms with Crippen LogP contribution in [-0.4, -0.2) is 28.6 Å². The molecule has 0 bridgehead atoms. The molecule has 0 aliphatic heterocycles. The predicted molar refractivity (Wildman–Crippen MR) is 97.9 cm³/mol. The molecule has 5 heteroatoms. The molecule has 1 N–H and O–H groups in total. The highest BCUT2D eigenvalue weighted by Crippen LogP contribution is 2.12. The highest BCUT2D eigenvalue weighted by molar-refractivity contribution is 5.90. The van der Waals surface area contributed by atoms with Crippen molar-refractivity contribution in [1.29, 1.82) is 0 Å². The van der Waals surface area contributed by atoms with Gasteiger partial charge in [0, 0.05) is 0 Å². The predicted octanol–water partition coefficient (Wildman–Crippen LogP) is 5.10. The first kappa shape index (κ1) is 21.1. The lowest BCUT2D eigenvalue weighted by molar-refractivity contribution is 0.0490. The second-order valence-electron chi connectivity index (χ2n) is 6.86. The van der Waals surface area contributed by atoms with E-state index in [1.165, 1.54) is 56.7 Å². The van der Waals surface area contributed by atoms with Crippen LogP contribution in [0.4, 0.5) is 0 Å². The van der Waals surface area contributed by atoms with Crippen LogP contribution in [0.25, 0.3) is 0 Å². The molecule has 140 valence electrons. The first-order valence-corrected chi connectivity index (χ1v) is 9.38. The van der Waals surface area contributed by atoms with E-state index in [2.05, 4.69) is 18.8 Å². The van der Waals surface area contributed by atoms with Crippen LogP contribution >= 0.6 is 0 Å². The molecule has 0 radical (unpaired) electrons. The Balaban J connectivity index is 2.03. The minimum Gasteiger partial charge on any atom is -0.477 e. The number of ether oxygens (including phenoxy) is 1. The third-order valence-corrected chi connectivity index (χ3v) is 4.09. The fraction of sp³-hybridized carbons (Fsp3) is 0.650. The van der Waals surface area contributed by atoms with Crippen LogP contribution in [0.15, 0.2) is 18.2 Å². The molecule has 0 aliphatic rings. The molecule has 1 aromatic heterocycles. The topological polar surface area (TPSA) is 76.5 Å². The highest BCUT2D eigenvalue weighted by Gasteiger charge is 2.12. The molecule has 0 saturated heterocycles. The lowest BCUT2D eigenvalue weighted by Gasteiger charge is -2.06. The fourth-order valence-electron chi connectivity index (χ4n) is 2.62. The van der Waals surface area contributed by atoms with Crippen LogP contribution in [0.5, 0.6) is 0 Å². The van der Waals surface area contributed by atoms with Gasteiger partial charge in [0.15, 0.2) is 0 Å². The zero-order valence-corrected chi connectivity index (χ0v) is 15.5.